The van der Waals surface area contributed by atoms with Crippen molar-refractivity contribution in [3.8, 4) is 22.8 Å². The lowest BCUT2D eigenvalue weighted by molar-refractivity contribution is 0.408. The van der Waals surface area contributed by atoms with Gasteiger partial charge in [0.15, 0.2) is 0 Å². The molecule has 2 heterocycles. The van der Waals surface area contributed by atoms with Crippen LogP contribution in [0.1, 0.15) is 0 Å². The van der Waals surface area contributed by atoms with Crippen LogP contribution < -0.4 is 4.74 Å². The van der Waals surface area contributed by atoms with E-state index >= 15 is 0 Å². The molecule has 0 atom stereocenters. The molecule has 18 heavy (non-hydrogen) atoms. The number of methoxy groups -OCH3 is 1. The monoisotopic (exact) mass is 241 g/mol. The van der Waals surface area contributed by atoms with Gasteiger partial charge >= 0.3 is 0 Å². The van der Waals surface area contributed by atoms with E-state index in [2.05, 4.69) is 9.97 Å². The number of rotatable bonds is 2. The van der Waals surface area contributed by atoms with Gasteiger partial charge in [-0.05, 0) is 18.2 Å². The number of hydrogen-bond donors (Lipinski definition) is 1. The summed E-state index contributed by atoms with van der Waals surface area (Å²) in [5.41, 5.74) is 2.15. The summed E-state index contributed by atoms with van der Waals surface area (Å²) >= 11 is 0. The number of nitrogens with zero attached hydrogens (tertiary/aromatic N) is 3. The first kappa shape index (κ1) is 10.6. The molecule has 0 bridgehead atoms. The molecule has 0 amide bonds. The molecule has 3 aromatic rings. The minimum atomic E-state index is 0.144. The van der Waals surface area contributed by atoms with Crippen LogP contribution in [0.3, 0.4) is 0 Å². The molecule has 1 N–H and O–H groups in total. The lowest BCUT2D eigenvalue weighted by Gasteiger charge is -2.03. The molecule has 0 aliphatic rings. The summed E-state index contributed by atoms with van der Waals surface area (Å²) in [5, 5.41) is 9.96. The summed E-state index contributed by atoms with van der Waals surface area (Å²) in [6.07, 6.45) is 5.18. The van der Waals surface area contributed by atoms with E-state index in [4.69, 9.17) is 4.74 Å². The molecule has 0 saturated heterocycles. The third-order valence-electron chi connectivity index (χ3n) is 2.74. The average molecular weight is 241 g/mol. The summed E-state index contributed by atoms with van der Waals surface area (Å²) in [7, 11) is 1.56. The average Bonchev–Trinajstić information content (AvgIpc) is 2.81. The van der Waals surface area contributed by atoms with Gasteiger partial charge in [0.05, 0.1) is 12.8 Å². The highest BCUT2D eigenvalue weighted by atomic mass is 16.5. The Hall–Kier alpha value is -2.56. The Labute approximate surface area is 103 Å². The van der Waals surface area contributed by atoms with Gasteiger partial charge in [-0.1, -0.05) is 0 Å². The molecule has 0 fully saturated rings. The summed E-state index contributed by atoms with van der Waals surface area (Å²) < 4.78 is 6.85. The van der Waals surface area contributed by atoms with Gasteiger partial charge in [0.2, 0.25) is 0 Å². The van der Waals surface area contributed by atoms with Crippen LogP contribution >= 0.6 is 0 Å². The fourth-order valence-electron chi connectivity index (χ4n) is 1.83. The number of imidazole rings is 1. The number of phenols is 1. The zero-order valence-electron chi connectivity index (χ0n) is 9.74. The van der Waals surface area contributed by atoms with Crippen LogP contribution in [0, 0.1) is 0 Å². The van der Waals surface area contributed by atoms with E-state index in [-0.39, 0.29) is 5.75 Å². The molecule has 3 rings (SSSR count). The predicted molar refractivity (Wildman–Crippen MR) is 66.6 cm³/mol. The van der Waals surface area contributed by atoms with Gasteiger partial charge in [0, 0.05) is 24.0 Å². The molecule has 5 nitrogen and oxygen atoms in total. The topological polar surface area (TPSA) is 59.7 Å². The Balaban J connectivity index is 2.14. The zero-order valence-corrected chi connectivity index (χ0v) is 9.74. The number of ether oxygens (including phenoxy) is 1. The zero-order chi connectivity index (χ0) is 12.5. The van der Waals surface area contributed by atoms with Crippen LogP contribution in [-0.2, 0) is 0 Å². The second-order valence-corrected chi connectivity index (χ2v) is 3.85. The summed E-state index contributed by atoms with van der Waals surface area (Å²) in [5.74, 6) is 0.757. The molecule has 0 unspecified atom stereocenters. The highest BCUT2D eigenvalue weighted by Gasteiger charge is 2.09. The molecular formula is C13H11N3O2. The molecule has 0 spiro atoms. The largest absolute Gasteiger partial charge is 0.507 e. The molecule has 0 saturated carbocycles. The van der Waals surface area contributed by atoms with Gasteiger partial charge in [-0.3, -0.25) is 4.40 Å². The van der Waals surface area contributed by atoms with Crippen LogP contribution in [0.4, 0.5) is 0 Å². The number of fused-ring (bicyclic) bond motifs is 1. The maximum atomic E-state index is 9.96. The van der Waals surface area contributed by atoms with E-state index in [9.17, 15) is 5.11 Å². The van der Waals surface area contributed by atoms with Crippen LogP contribution in [0.15, 0.2) is 43.0 Å². The molecule has 1 aromatic carbocycles. The number of aromatic hydroxyl groups is 1. The first-order chi connectivity index (χ1) is 8.78. The van der Waals surface area contributed by atoms with Crippen molar-refractivity contribution in [3.63, 3.8) is 0 Å². The molecule has 90 valence electrons. The summed E-state index contributed by atoms with van der Waals surface area (Å²) in [4.78, 5) is 8.43. The second-order valence-electron chi connectivity index (χ2n) is 3.85. The van der Waals surface area contributed by atoms with Crippen molar-refractivity contribution in [3.05, 3.63) is 43.0 Å². The number of hydrogen-bond acceptors (Lipinski definition) is 4. The fraction of sp³-hybridized carbons (Fsp3) is 0.0769. The van der Waals surface area contributed by atoms with Gasteiger partial charge in [-0.25, -0.2) is 9.97 Å². The minimum Gasteiger partial charge on any atom is -0.507 e. The van der Waals surface area contributed by atoms with Gasteiger partial charge in [-0.2, -0.15) is 0 Å². The number of benzene rings is 1. The molecule has 0 radical (unpaired) electrons. The van der Waals surface area contributed by atoms with Crippen molar-refractivity contribution >= 4 is 5.65 Å². The van der Waals surface area contributed by atoms with E-state index in [1.54, 1.807) is 42.2 Å². The van der Waals surface area contributed by atoms with Crippen molar-refractivity contribution < 1.29 is 9.84 Å². The smallest absolute Gasteiger partial charge is 0.140 e. The summed E-state index contributed by atoms with van der Waals surface area (Å²) in [6.45, 7) is 0. The molecular weight excluding hydrogens is 230 g/mol. The van der Waals surface area contributed by atoms with Gasteiger partial charge < -0.3 is 9.84 Å². The van der Waals surface area contributed by atoms with E-state index < -0.39 is 0 Å². The molecule has 5 heteroatoms. The van der Waals surface area contributed by atoms with Crippen molar-refractivity contribution in [1.29, 1.82) is 0 Å². The van der Waals surface area contributed by atoms with Gasteiger partial charge in [-0.15, -0.1) is 0 Å². The molecule has 0 aliphatic heterocycles. The third-order valence-corrected chi connectivity index (χ3v) is 2.74. The van der Waals surface area contributed by atoms with Gasteiger partial charge in [0.25, 0.3) is 0 Å². The van der Waals surface area contributed by atoms with Crippen LogP contribution in [0.2, 0.25) is 0 Å². The first-order valence-corrected chi connectivity index (χ1v) is 5.44. The van der Waals surface area contributed by atoms with Crippen LogP contribution in [0.5, 0.6) is 11.5 Å². The van der Waals surface area contributed by atoms with Crippen molar-refractivity contribution in [2.24, 2.45) is 0 Å². The maximum Gasteiger partial charge on any atom is 0.140 e. The maximum absolute atomic E-state index is 9.96. The minimum absolute atomic E-state index is 0.144. The Kier molecular flexibility index (Phi) is 2.37. The van der Waals surface area contributed by atoms with Gasteiger partial charge in [0.1, 0.15) is 23.5 Å². The van der Waals surface area contributed by atoms with Crippen molar-refractivity contribution in [2.75, 3.05) is 7.11 Å². The SMILES string of the molecule is COc1ccc(-c2cn3cnccc3n2)c(O)c1. The first-order valence-electron chi connectivity index (χ1n) is 5.44. The predicted octanol–water partition coefficient (Wildman–Crippen LogP) is 2.11. The van der Waals surface area contributed by atoms with E-state index in [0.29, 0.717) is 17.0 Å². The quantitative estimate of drug-likeness (QED) is 0.746. The standard InChI is InChI=1S/C13H11N3O2/c1-18-9-2-3-10(12(17)6-9)11-7-16-8-14-5-4-13(16)15-11/h2-8,17H,1H3. The Morgan fingerprint density at radius 3 is 2.89 bits per heavy atom. The van der Waals surface area contributed by atoms with Crippen molar-refractivity contribution in [1.82, 2.24) is 14.4 Å². The van der Waals surface area contributed by atoms with Crippen molar-refractivity contribution in [2.45, 2.75) is 0 Å². The summed E-state index contributed by atoms with van der Waals surface area (Å²) in [6, 6.07) is 6.95. The Morgan fingerprint density at radius 2 is 2.17 bits per heavy atom. The lowest BCUT2D eigenvalue weighted by atomic mass is 10.1. The fourth-order valence-corrected chi connectivity index (χ4v) is 1.83. The van der Waals surface area contributed by atoms with Crippen LogP contribution in [0.25, 0.3) is 16.9 Å². The lowest BCUT2D eigenvalue weighted by Crippen LogP contribution is -1.84. The second kappa shape index (κ2) is 4.03. The highest BCUT2D eigenvalue weighted by molar-refractivity contribution is 5.69. The normalized spacial score (nSPS) is 10.7. The molecule has 0 aliphatic carbocycles. The van der Waals surface area contributed by atoms with E-state index in [0.717, 1.165) is 5.65 Å². The third kappa shape index (κ3) is 1.66. The number of aromatic nitrogens is 3. The number of phenolic OH excluding ortho intramolecular Hbond substituents is 1. The highest BCUT2D eigenvalue weighted by Crippen LogP contribution is 2.31. The van der Waals surface area contributed by atoms with E-state index in [1.807, 2.05) is 12.3 Å². The Bertz CT molecular complexity index is 673. The van der Waals surface area contributed by atoms with E-state index in [1.165, 1.54) is 0 Å². The Morgan fingerprint density at radius 1 is 1.28 bits per heavy atom. The molecule has 2 aromatic heterocycles. The van der Waals surface area contributed by atoms with Crippen LogP contribution in [-0.4, -0.2) is 26.6 Å².